The average molecular weight is 313 g/mol. The van der Waals surface area contributed by atoms with Crippen LogP contribution < -0.4 is 10.1 Å². The summed E-state index contributed by atoms with van der Waals surface area (Å²) in [5.74, 6) is 1.28. The summed E-state index contributed by atoms with van der Waals surface area (Å²) in [5, 5.41) is 3.41. The van der Waals surface area contributed by atoms with E-state index in [0.29, 0.717) is 11.8 Å². The Hall–Kier alpha value is -0.610. The Morgan fingerprint density at radius 2 is 2.22 bits per heavy atom. The fourth-order valence-corrected chi connectivity index (χ4v) is 2.71. The Bertz CT molecular complexity index is 380. The molecule has 2 heterocycles. The molecule has 0 spiro atoms. The first-order chi connectivity index (χ1) is 8.47. The van der Waals surface area contributed by atoms with E-state index in [9.17, 15) is 0 Å². The zero-order valence-electron chi connectivity index (χ0n) is 11.2. The first-order valence-corrected chi connectivity index (χ1v) is 7.25. The minimum absolute atomic E-state index is 0.117. The van der Waals surface area contributed by atoms with E-state index in [-0.39, 0.29) is 11.5 Å². The van der Waals surface area contributed by atoms with Gasteiger partial charge in [-0.25, -0.2) is 4.98 Å². The highest BCUT2D eigenvalue weighted by Crippen LogP contribution is 2.32. The van der Waals surface area contributed by atoms with Gasteiger partial charge in [-0.1, -0.05) is 20.8 Å². The highest BCUT2D eigenvalue weighted by molar-refractivity contribution is 9.10. The molecule has 1 aliphatic heterocycles. The number of nitrogens with one attached hydrogen (secondary N) is 1. The van der Waals surface area contributed by atoms with E-state index in [2.05, 4.69) is 47.0 Å². The van der Waals surface area contributed by atoms with Crippen LogP contribution in [0.25, 0.3) is 0 Å². The van der Waals surface area contributed by atoms with Gasteiger partial charge in [0.25, 0.3) is 0 Å². The third-order valence-electron chi connectivity index (χ3n) is 3.33. The molecule has 1 aliphatic rings. The molecule has 0 bridgehead atoms. The topological polar surface area (TPSA) is 34.1 Å². The minimum Gasteiger partial charge on any atom is -0.473 e. The lowest BCUT2D eigenvalue weighted by atomic mass is 9.80. The van der Waals surface area contributed by atoms with Crippen molar-refractivity contribution in [1.29, 1.82) is 0 Å². The summed E-state index contributed by atoms with van der Waals surface area (Å²) in [6.45, 7) is 8.82. The SMILES string of the molecule is CC(C)(C)C(Oc1ccc(Br)cn1)C1CCNC1. The molecule has 0 saturated carbocycles. The lowest BCUT2D eigenvalue weighted by Crippen LogP contribution is -2.40. The van der Waals surface area contributed by atoms with Crippen molar-refractivity contribution in [3.05, 3.63) is 22.8 Å². The normalized spacial score (nSPS) is 21.9. The maximum Gasteiger partial charge on any atom is 0.213 e. The summed E-state index contributed by atoms with van der Waals surface area (Å²) in [6.07, 6.45) is 3.15. The van der Waals surface area contributed by atoms with Gasteiger partial charge < -0.3 is 10.1 Å². The fourth-order valence-electron chi connectivity index (χ4n) is 2.48. The summed E-state index contributed by atoms with van der Waals surface area (Å²) >= 11 is 3.39. The van der Waals surface area contributed by atoms with Crippen LogP contribution in [0.3, 0.4) is 0 Å². The maximum atomic E-state index is 6.15. The van der Waals surface area contributed by atoms with Crippen LogP contribution in [0, 0.1) is 11.3 Å². The van der Waals surface area contributed by atoms with Crippen molar-refractivity contribution in [2.24, 2.45) is 11.3 Å². The molecule has 100 valence electrons. The molecule has 1 saturated heterocycles. The van der Waals surface area contributed by atoms with E-state index >= 15 is 0 Å². The van der Waals surface area contributed by atoms with Gasteiger partial charge in [-0.2, -0.15) is 0 Å². The Labute approximate surface area is 117 Å². The van der Waals surface area contributed by atoms with Gasteiger partial charge in [0.1, 0.15) is 6.10 Å². The van der Waals surface area contributed by atoms with Crippen LogP contribution in [-0.4, -0.2) is 24.2 Å². The van der Waals surface area contributed by atoms with Crippen LogP contribution >= 0.6 is 15.9 Å². The first kappa shape index (κ1) is 13.8. The zero-order valence-corrected chi connectivity index (χ0v) is 12.8. The van der Waals surface area contributed by atoms with Crippen LogP contribution in [-0.2, 0) is 0 Å². The Morgan fingerprint density at radius 3 is 2.72 bits per heavy atom. The Kier molecular flexibility index (Phi) is 4.28. The summed E-state index contributed by atoms with van der Waals surface area (Å²) in [4.78, 5) is 4.31. The number of nitrogens with zero attached hydrogens (tertiary/aromatic N) is 1. The van der Waals surface area contributed by atoms with E-state index in [0.717, 1.165) is 17.6 Å². The third-order valence-corrected chi connectivity index (χ3v) is 3.80. The van der Waals surface area contributed by atoms with Gasteiger partial charge in [-0.05, 0) is 40.4 Å². The highest BCUT2D eigenvalue weighted by atomic mass is 79.9. The van der Waals surface area contributed by atoms with Crippen molar-refractivity contribution in [2.45, 2.75) is 33.3 Å². The standard InChI is InChI=1S/C14H21BrN2O/c1-14(2,3)13(10-6-7-16-8-10)18-12-5-4-11(15)9-17-12/h4-5,9-10,13,16H,6-8H2,1-3H3. The predicted octanol–water partition coefficient (Wildman–Crippen LogP) is 3.25. The second-order valence-electron chi connectivity index (χ2n) is 5.97. The molecule has 0 amide bonds. The smallest absolute Gasteiger partial charge is 0.213 e. The molecule has 1 fully saturated rings. The Morgan fingerprint density at radius 1 is 1.44 bits per heavy atom. The molecule has 2 rings (SSSR count). The van der Waals surface area contributed by atoms with Crippen LogP contribution in [0.4, 0.5) is 0 Å². The molecule has 1 aromatic rings. The molecule has 0 aromatic carbocycles. The maximum absolute atomic E-state index is 6.15. The zero-order chi connectivity index (χ0) is 13.2. The summed E-state index contributed by atoms with van der Waals surface area (Å²) in [6, 6.07) is 3.89. The minimum atomic E-state index is 0.117. The van der Waals surface area contributed by atoms with Gasteiger partial charge in [0.15, 0.2) is 0 Å². The van der Waals surface area contributed by atoms with E-state index in [1.54, 1.807) is 6.20 Å². The van der Waals surface area contributed by atoms with Crippen molar-refractivity contribution in [1.82, 2.24) is 10.3 Å². The van der Waals surface area contributed by atoms with Gasteiger partial charge in [-0.15, -0.1) is 0 Å². The molecule has 0 radical (unpaired) electrons. The molecule has 0 aliphatic carbocycles. The van der Waals surface area contributed by atoms with Crippen molar-refractivity contribution in [2.75, 3.05) is 13.1 Å². The van der Waals surface area contributed by atoms with Gasteiger partial charge in [0.2, 0.25) is 5.88 Å². The predicted molar refractivity (Wildman–Crippen MR) is 76.8 cm³/mol. The molecule has 3 nitrogen and oxygen atoms in total. The van der Waals surface area contributed by atoms with Crippen molar-refractivity contribution < 1.29 is 4.74 Å². The second-order valence-corrected chi connectivity index (χ2v) is 6.89. The van der Waals surface area contributed by atoms with Crippen LogP contribution in [0.2, 0.25) is 0 Å². The quantitative estimate of drug-likeness (QED) is 0.930. The summed E-state index contributed by atoms with van der Waals surface area (Å²) < 4.78 is 7.12. The van der Waals surface area contributed by atoms with Crippen LogP contribution in [0.1, 0.15) is 27.2 Å². The molecule has 1 N–H and O–H groups in total. The number of pyridine rings is 1. The summed E-state index contributed by atoms with van der Waals surface area (Å²) in [5.41, 5.74) is 0.117. The van der Waals surface area contributed by atoms with Gasteiger partial charge in [0.05, 0.1) is 0 Å². The van der Waals surface area contributed by atoms with Gasteiger partial charge in [0, 0.05) is 29.2 Å². The Balaban J connectivity index is 2.12. The summed E-state index contributed by atoms with van der Waals surface area (Å²) in [7, 11) is 0. The number of rotatable bonds is 3. The lowest BCUT2D eigenvalue weighted by Gasteiger charge is -2.34. The fraction of sp³-hybridized carbons (Fsp3) is 0.643. The van der Waals surface area contributed by atoms with Gasteiger partial charge in [-0.3, -0.25) is 0 Å². The molecule has 2 unspecified atom stereocenters. The molecule has 18 heavy (non-hydrogen) atoms. The van der Waals surface area contributed by atoms with Crippen molar-refractivity contribution in [3.63, 3.8) is 0 Å². The molecular formula is C14H21BrN2O. The molecule has 4 heteroatoms. The van der Waals surface area contributed by atoms with Gasteiger partial charge >= 0.3 is 0 Å². The number of halogens is 1. The lowest BCUT2D eigenvalue weighted by molar-refractivity contribution is 0.0372. The number of hydrogen-bond donors (Lipinski definition) is 1. The van der Waals surface area contributed by atoms with E-state index < -0.39 is 0 Å². The number of hydrogen-bond acceptors (Lipinski definition) is 3. The number of aromatic nitrogens is 1. The first-order valence-electron chi connectivity index (χ1n) is 6.46. The largest absolute Gasteiger partial charge is 0.473 e. The highest BCUT2D eigenvalue weighted by Gasteiger charge is 2.36. The molecule has 1 aromatic heterocycles. The van der Waals surface area contributed by atoms with Crippen molar-refractivity contribution >= 4 is 15.9 Å². The van der Waals surface area contributed by atoms with E-state index in [1.165, 1.54) is 6.42 Å². The number of ether oxygens (including phenoxy) is 1. The van der Waals surface area contributed by atoms with Crippen molar-refractivity contribution in [3.8, 4) is 5.88 Å². The van der Waals surface area contributed by atoms with Crippen LogP contribution in [0.5, 0.6) is 5.88 Å². The molecular weight excluding hydrogens is 292 g/mol. The van der Waals surface area contributed by atoms with E-state index in [4.69, 9.17) is 4.74 Å². The average Bonchev–Trinajstić information content (AvgIpc) is 2.80. The second kappa shape index (κ2) is 5.57. The van der Waals surface area contributed by atoms with Crippen LogP contribution in [0.15, 0.2) is 22.8 Å². The third kappa shape index (κ3) is 3.45. The monoisotopic (exact) mass is 312 g/mol. The van der Waals surface area contributed by atoms with E-state index in [1.807, 2.05) is 12.1 Å². The molecule has 2 atom stereocenters.